The number of aryl methyl sites for hydroxylation is 1. The molecule has 9 heteroatoms. The van der Waals surface area contributed by atoms with Crippen molar-refractivity contribution in [1.29, 1.82) is 0 Å². The zero-order chi connectivity index (χ0) is 20.5. The molecule has 0 spiro atoms. The first kappa shape index (κ1) is 25.3. The van der Waals surface area contributed by atoms with Gasteiger partial charge < -0.3 is 15.4 Å². The third-order valence-corrected chi connectivity index (χ3v) is 6.16. The van der Waals surface area contributed by atoms with Crippen molar-refractivity contribution >= 4 is 52.9 Å². The Kier molecular flexibility index (Phi) is 11.4. The second-order valence-corrected chi connectivity index (χ2v) is 8.70. The number of aromatic nitrogens is 1. The third-order valence-electron chi connectivity index (χ3n) is 4.84. The molecular weight excluding hydrogens is 533 g/mol. The van der Waals surface area contributed by atoms with E-state index in [9.17, 15) is 0 Å². The summed E-state index contributed by atoms with van der Waals surface area (Å²) in [7, 11) is 0. The van der Waals surface area contributed by atoms with Crippen molar-refractivity contribution in [3.63, 3.8) is 0 Å². The lowest BCUT2D eigenvalue weighted by Crippen LogP contribution is -2.42. The van der Waals surface area contributed by atoms with E-state index in [-0.39, 0.29) is 30.0 Å². The first-order valence-electron chi connectivity index (χ1n) is 10.2. The maximum absolute atomic E-state index is 5.86. The van der Waals surface area contributed by atoms with Crippen molar-refractivity contribution in [3.8, 4) is 0 Å². The van der Waals surface area contributed by atoms with E-state index < -0.39 is 0 Å². The first-order chi connectivity index (χ1) is 14.2. The lowest BCUT2D eigenvalue weighted by Gasteiger charge is -2.33. The van der Waals surface area contributed by atoms with Crippen LogP contribution in [0.15, 0.2) is 35.5 Å². The Morgan fingerprint density at radius 3 is 2.70 bits per heavy atom. The van der Waals surface area contributed by atoms with Gasteiger partial charge in [-0.1, -0.05) is 17.7 Å². The van der Waals surface area contributed by atoms with Gasteiger partial charge in [0.15, 0.2) is 5.96 Å². The minimum Gasteiger partial charge on any atom is -0.379 e. The van der Waals surface area contributed by atoms with Crippen LogP contribution in [0.1, 0.15) is 28.3 Å². The summed E-state index contributed by atoms with van der Waals surface area (Å²) in [5.74, 6) is 0.848. The molecule has 3 heterocycles. The van der Waals surface area contributed by atoms with E-state index in [4.69, 9.17) is 21.3 Å². The number of hydrogen-bond donors (Lipinski definition) is 2. The molecule has 0 bridgehead atoms. The monoisotopic (exact) mass is 563 g/mol. The van der Waals surface area contributed by atoms with Crippen LogP contribution in [0, 0.1) is 6.92 Å². The topological polar surface area (TPSA) is 61.8 Å². The number of nitrogens with one attached hydrogen (secondary N) is 2. The summed E-state index contributed by atoms with van der Waals surface area (Å²) >= 11 is 7.72. The van der Waals surface area contributed by atoms with Crippen molar-refractivity contribution in [3.05, 3.63) is 50.9 Å². The van der Waals surface area contributed by atoms with Gasteiger partial charge in [0, 0.05) is 42.1 Å². The van der Waals surface area contributed by atoms with Crippen molar-refractivity contribution in [1.82, 2.24) is 20.5 Å². The minimum atomic E-state index is 0. The average molecular weight is 564 g/mol. The molecular formula is C21H31ClIN5OS. The van der Waals surface area contributed by atoms with Gasteiger partial charge in [-0.2, -0.15) is 0 Å². The standard InChI is InChI=1S/C21H30ClN5OS.HI/c1-3-23-21(24-9-8-17-5-7-20(22)25-14-17)26-15-18(19-6-4-16(2)29-19)27-10-12-28-13-11-27;/h4-7,14,18H,3,8-13,15H2,1-2H3,(H2,23,24,26);1H. The molecule has 2 aromatic rings. The van der Waals surface area contributed by atoms with E-state index in [1.165, 1.54) is 9.75 Å². The molecule has 1 unspecified atom stereocenters. The number of hydrogen-bond acceptors (Lipinski definition) is 5. The van der Waals surface area contributed by atoms with Crippen LogP contribution in [0.3, 0.4) is 0 Å². The van der Waals surface area contributed by atoms with Crippen LogP contribution in [0.5, 0.6) is 0 Å². The molecule has 0 saturated carbocycles. The van der Waals surface area contributed by atoms with E-state index in [0.29, 0.717) is 5.15 Å². The zero-order valence-electron chi connectivity index (χ0n) is 17.6. The number of guanidine groups is 1. The fourth-order valence-corrected chi connectivity index (χ4v) is 4.42. The number of aliphatic imine (C=N–C) groups is 1. The van der Waals surface area contributed by atoms with Gasteiger partial charge in [-0.25, -0.2) is 4.98 Å². The summed E-state index contributed by atoms with van der Waals surface area (Å²) in [6, 6.07) is 8.55. The highest BCUT2D eigenvalue weighted by Gasteiger charge is 2.23. The fourth-order valence-electron chi connectivity index (χ4n) is 3.31. The van der Waals surface area contributed by atoms with Crippen LogP contribution in [0.25, 0.3) is 0 Å². The Hall–Kier alpha value is -0.940. The minimum absolute atomic E-state index is 0. The van der Waals surface area contributed by atoms with E-state index >= 15 is 0 Å². The molecule has 0 radical (unpaired) electrons. The molecule has 1 saturated heterocycles. The van der Waals surface area contributed by atoms with Gasteiger partial charge in [0.2, 0.25) is 0 Å². The second-order valence-electron chi connectivity index (χ2n) is 7.00. The summed E-state index contributed by atoms with van der Waals surface area (Å²) in [5, 5.41) is 7.32. The highest BCUT2D eigenvalue weighted by molar-refractivity contribution is 14.0. The molecule has 0 amide bonds. The van der Waals surface area contributed by atoms with Gasteiger partial charge in [-0.15, -0.1) is 35.3 Å². The molecule has 0 aromatic carbocycles. The predicted octanol–water partition coefficient (Wildman–Crippen LogP) is 3.89. The summed E-state index contributed by atoms with van der Waals surface area (Å²) in [4.78, 5) is 14.2. The highest BCUT2D eigenvalue weighted by Crippen LogP contribution is 2.28. The Morgan fingerprint density at radius 2 is 2.07 bits per heavy atom. The molecule has 30 heavy (non-hydrogen) atoms. The number of rotatable bonds is 8. The smallest absolute Gasteiger partial charge is 0.191 e. The number of morpholine rings is 1. The summed E-state index contributed by atoms with van der Waals surface area (Å²) in [5.41, 5.74) is 1.15. The summed E-state index contributed by atoms with van der Waals surface area (Å²) in [6.45, 7) is 10.1. The Balaban J connectivity index is 0.00000320. The molecule has 1 aliphatic heterocycles. The van der Waals surface area contributed by atoms with E-state index in [2.05, 4.69) is 46.5 Å². The van der Waals surface area contributed by atoms with Gasteiger partial charge >= 0.3 is 0 Å². The maximum Gasteiger partial charge on any atom is 0.191 e. The molecule has 3 rings (SSSR count). The van der Waals surface area contributed by atoms with Crippen LogP contribution in [0.2, 0.25) is 5.15 Å². The van der Waals surface area contributed by atoms with Crippen LogP contribution in [-0.4, -0.2) is 61.8 Å². The van der Waals surface area contributed by atoms with Gasteiger partial charge in [-0.05, 0) is 44.0 Å². The SMILES string of the molecule is CCNC(=NCC(c1ccc(C)s1)N1CCOCC1)NCCc1ccc(Cl)nc1.I. The maximum atomic E-state index is 5.86. The van der Waals surface area contributed by atoms with Crippen molar-refractivity contribution in [2.75, 3.05) is 45.9 Å². The number of pyridine rings is 1. The Morgan fingerprint density at radius 1 is 1.27 bits per heavy atom. The quantitative estimate of drug-likeness (QED) is 0.221. The normalized spacial score (nSPS) is 16.0. The number of ether oxygens (including phenoxy) is 1. The molecule has 6 nitrogen and oxygen atoms in total. The van der Waals surface area contributed by atoms with Crippen molar-refractivity contribution < 1.29 is 4.74 Å². The number of thiophene rings is 1. The average Bonchev–Trinajstić information content (AvgIpc) is 3.16. The number of nitrogens with zero attached hydrogens (tertiary/aromatic N) is 3. The van der Waals surface area contributed by atoms with Gasteiger partial charge in [0.1, 0.15) is 5.15 Å². The lowest BCUT2D eigenvalue weighted by molar-refractivity contribution is 0.0186. The second kappa shape index (κ2) is 13.5. The fraction of sp³-hybridized carbons (Fsp3) is 0.524. The van der Waals surface area contributed by atoms with Gasteiger partial charge in [0.05, 0.1) is 25.8 Å². The zero-order valence-corrected chi connectivity index (χ0v) is 21.5. The molecule has 166 valence electrons. The van der Waals surface area contributed by atoms with Crippen LogP contribution < -0.4 is 10.6 Å². The molecule has 2 aromatic heterocycles. The summed E-state index contributed by atoms with van der Waals surface area (Å²) in [6.07, 6.45) is 2.69. The number of halogens is 2. The van der Waals surface area contributed by atoms with E-state index in [1.54, 1.807) is 0 Å². The molecule has 1 aliphatic rings. The molecule has 1 fully saturated rings. The van der Waals surface area contributed by atoms with Gasteiger partial charge in [-0.3, -0.25) is 9.89 Å². The predicted molar refractivity (Wildman–Crippen MR) is 137 cm³/mol. The summed E-state index contributed by atoms with van der Waals surface area (Å²) < 4.78 is 5.55. The molecule has 2 N–H and O–H groups in total. The van der Waals surface area contributed by atoms with Crippen molar-refractivity contribution in [2.24, 2.45) is 4.99 Å². The van der Waals surface area contributed by atoms with Crippen LogP contribution in [-0.2, 0) is 11.2 Å². The van der Waals surface area contributed by atoms with E-state index in [0.717, 1.165) is 63.9 Å². The molecule has 1 atom stereocenters. The van der Waals surface area contributed by atoms with Crippen LogP contribution >= 0.6 is 46.9 Å². The Labute approximate surface area is 205 Å². The largest absolute Gasteiger partial charge is 0.379 e. The first-order valence-corrected chi connectivity index (χ1v) is 11.4. The Bertz CT molecular complexity index is 780. The van der Waals surface area contributed by atoms with Crippen molar-refractivity contribution in [2.45, 2.75) is 26.3 Å². The van der Waals surface area contributed by atoms with E-state index in [1.807, 2.05) is 29.7 Å². The molecule has 0 aliphatic carbocycles. The highest BCUT2D eigenvalue weighted by atomic mass is 127. The van der Waals surface area contributed by atoms with Crippen LogP contribution in [0.4, 0.5) is 0 Å². The lowest BCUT2D eigenvalue weighted by atomic mass is 10.2. The van der Waals surface area contributed by atoms with Gasteiger partial charge in [0.25, 0.3) is 0 Å². The third kappa shape index (κ3) is 7.96.